The summed E-state index contributed by atoms with van der Waals surface area (Å²) in [6, 6.07) is 3.74. The Morgan fingerprint density at radius 3 is 3.00 bits per heavy atom. The number of pyridine rings is 1. The number of nitrogens with zero attached hydrogens (tertiary/aromatic N) is 3. The van der Waals surface area contributed by atoms with Gasteiger partial charge in [0, 0.05) is 18.0 Å². The molecule has 1 aliphatic rings. The van der Waals surface area contributed by atoms with Crippen LogP contribution in [0.1, 0.15) is 5.56 Å². The number of nitrogens with two attached hydrogens (primary N) is 1. The van der Waals surface area contributed by atoms with Crippen LogP contribution in [0.15, 0.2) is 29.6 Å². The van der Waals surface area contributed by atoms with Crippen molar-refractivity contribution in [2.45, 2.75) is 6.17 Å². The molecule has 3 N–H and O–H groups in total. The normalized spacial score (nSPS) is 22.6. The van der Waals surface area contributed by atoms with E-state index >= 15 is 0 Å². The van der Waals surface area contributed by atoms with E-state index in [1.165, 1.54) is 4.41 Å². The molecular weight excluding hydrogens is 186 g/mol. The number of thiol groups is 1. The first-order chi connectivity index (χ1) is 6.29. The minimum absolute atomic E-state index is 0.340. The zero-order chi connectivity index (χ0) is 9.26. The van der Waals surface area contributed by atoms with Crippen molar-refractivity contribution >= 4 is 18.5 Å². The first kappa shape index (κ1) is 8.49. The van der Waals surface area contributed by atoms with E-state index in [0.717, 1.165) is 11.3 Å². The van der Waals surface area contributed by atoms with Crippen molar-refractivity contribution < 1.29 is 0 Å². The van der Waals surface area contributed by atoms with Gasteiger partial charge in [-0.05, 0) is 12.1 Å². The van der Waals surface area contributed by atoms with Gasteiger partial charge in [0.15, 0.2) is 0 Å². The Hall–Kier alpha value is -1.11. The molecule has 2 heterocycles. The van der Waals surface area contributed by atoms with Crippen LogP contribution >= 0.6 is 12.8 Å². The van der Waals surface area contributed by atoms with Crippen molar-refractivity contribution in [3.05, 3.63) is 30.1 Å². The minimum atomic E-state index is -0.340. The fourth-order valence-electron chi connectivity index (χ4n) is 1.10. The molecule has 1 aromatic rings. The van der Waals surface area contributed by atoms with Crippen molar-refractivity contribution in [3.63, 3.8) is 0 Å². The number of hydrogen-bond acceptors (Lipinski definition) is 6. The highest BCUT2D eigenvalue weighted by atomic mass is 32.1. The summed E-state index contributed by atoms with van der Waals surface area (Å²) in [5.41, 5.74) is 10.1. The minimum Gasteiger partial charge on any atom is -0.308 e. The smallest absolute Gasteiger partial charge is 0.134 e. The number of nitrogens with one attached hydrogen (secondary N) is 1. The first-order valence-corrected chi connectivity index (χ1v) is 4.16. The molecule has 0 radical (unpaired) electrons. The van der Waals surface area contributed by atoms with E-state index in [-0.39, 0.29) is 6.17 Å². The average Bonchev–Trinajstić information content (AvgIpc) is 2.49. The quantitative estimate of drug-likeness (QED) is 0.540. The van der Waals surface area contributed by atoms with Crippen LogP contribution in [0.25, 0.3) is 0 Å². The Labute approximate surface area is 81.2 Å². The average molecular weight is 195 g/mol. The second-order valence-corrected chi connectivity index (χ2v) is 3.06. The van der Waals surface area contributed by atoms with Crippen molar-refractivity contribution in [3.8, 4) is 0 Å². The molecule has 1 aliphatic heterocycles. The van der Waals surface area contributed by atoms with Gasteiger partial charge in [-0.2, -0.15) is 5.10 Å². The molecule has 0 saturated carbocycles. The Bertz CT molecular complexity index is 325. The molecule has 2 rings (SSSR count). The lowest BCUT2D eigenvalue weighted by atomic mass is 10.1. The largest absolute Gasteiger partial charge is 0.308 e. The molecule has 0 aromatic carbocycles. The highest BCUT2D eigenvalue weighted by Crippen LogP contribution is 2.10. The van der Waals surface area contributed by atoms with Crippen LogP contribution in [0, 0.1) is 0 Å². The summed E-state index contributed by atoms with van der Waals surface area (Å²) in [5.74, 6) is 0. The molecule has 0 bridgehead atoms. The third kappa shape index (κ3) is 1.51. The van der Waals surface area contributed by atoms with Crippen molar-refractivity contribution in [2.24, 2.45) is 10.8 Å². The summed E-state index contributed by atoms with van der Waals surface area (Å²) in [6.45, 7) is 0. The fraction of sp³-hybridized carbons (Fsp3) is 0.143. The van der Waals surface area contributed by atoms with Crippen LogP contribution < -0.4 is 11.3 Å². The van der Waals surface area contributed by atoms with Crippen LogP contribution in [0.5, 0.6) is 0 Å². The van der Waals surface area contributed by atoms with Crippen molar-refractivity contribution in [2.75, 3.05) is 0 Å². The Morgan fingerprint density at radius 2 is 2.46 bits per heavy atom. The van der Waals surface area contributed by atoms with Crippen LogP contribution in [0.4, 0.5) is 0 Å². The number of rotatable bonds is 1. The molecule has 0 spiro atoms. The molecule has 13 heavy (non-hydrogen) atoms. The fourth-order valence-corrected chi connectivity index (χ4v) is 1.25. The zero-order valence-corrected chi connectivity index (χ0v) is 7.65. The SMILES string of the molecule is NC1C(c2cccnc2)=NNN1S. The lowest BCUT2D eigenvalue weighted by molar-refractivity contribution is 0.372. The van der Waals surface area contributed by atoms with Gasteiger partial charge in [-0.15, -0.1) is 4.41 Å². The standard InChI is InChI=1S/C7H9N5S/c8-7-6(10-11-12(7)13)5-2-1-3-9-4-5/h1-4,7,11,13H,8H2. The molecule has 0 fully saturated rings. The molecule has 0 saturated heterocycles. The van der Waals surface area contributed by atoms with Gasteiger partial charge in [0.1, 0.15) is 11.9 Å². The van der Waals surface area contributed by atoms with Gasteiger partial charge in [0.05, 0.1) is 0 Å². The maximum Gasteiger partial charge on any atom is 0.134 e. The predicted molar refractivity (Wildman–Crippen MR) is 52.7 cm³/mol. The number of hydrogen-bond donors (Lipinski definition) is 3. The van der Waals surface area contributed by atoms with Crippen LogP contribution in [-0.2, 0) is 0 Å². The van der Waals surface area contributed by atoms with E-state index in [9.17, 15) is 0 Å². The Morgan fingerprint density at radius 1 is 1.62 bits per heavy atom. The maximum atomic E-state index is 5.78. The van der Waals surface area contributed by atoms with E-state index in [1.54, 1.807) is 12.4 Å². The third-order valence-corrected chi connectivity index (χ3v) is 2.11. The van der Waals surface area contributed by atoms with Crippen LogP contribution in [0.2, 0.25) is 0 Å². The van der Waals surface area contributed by atoms with Crippen molar-refractivity contribution in [1.82, 2.24) is 14.9 Å². The van der Waals surface area contributed by atoms with Gasteiger partial charge in [0.2, 0.25) is 0 Å². The molecule has 6 heteroatoms. The van der Waals surface area contributed by atoms with Gasteiger partial charge in [-0.25, -0.2) is 5.53 Å². The summed E-state index contributed by atoms with van der Waals surface area (Å²) in [4.78, 5) is 3.98. The second kappa shape index (κ2) is 3.33. The predicted octanol–water partition coefficient (Wildman–Crippen LogP) is -0.265. The van der Waals surface area contributed by atoms with Crippen LogP contribution in [-0.4, -0.2) is 21.3 Å². The summed E-state index contributed by atoms with van der Waals surface area (Å²) >= 11 is 4.06. The first-order valence-electron chi connectivity index (χ1n) is 3.76. The molecular formula is C7H9N5S. The lowest BCUT2D eigenvalue weighted by Gasteiger charge is -2.12. The van der Waals surface area contributed by atoms with Gasteiger partial charge >= 0.3 is 0 Å². The van der Waals surface area contributed by atoms with E-state index < -0.39 is 0 Å². The Kier molecular flexibility index (Phi) is 2.17. The van der Waals surface area contributed by atoms with Gasteiger partial charge < -0.3 is 5.73 Å². The van der Waals surface area contributed by atoms with Crippen molar-refractivity contribution in [1.29, 1.82) is 0 Å². The summed E-state index contributed by atoms with van der Waals surface area (Å²) in [7, 11) is 0. The van der Waals surface area contributed by atoms with Crippen LogP contribution in [0.3, 0.4) is 0 Å². The van der Waals surface area contributed by atoms with Gasteiger partial charge in [-0.1, -0.05) is 12.8 Å². The number of aromatic nitrogens is 1. The van der Waals surface area contributed by atoms with E-state index in [0.29, 0.717) is 0 Å². The summed E-state index contributed by atoms with van der Waals surface area (Å²) < 4.78 is 1.43. The summed E-state index contributed by atoms with van der Waals surface area (Å²) in [6.07, 6.45) is 3.08. The highest BCUT2D eigenvalue weighted by Gasteiger charge is 2.24. The van der Waals surface area contributed by atoms with E-state index in [1.807, 2.05) is 12.1 Å². The molecule has 0 aliphatic carbocycles. The van der Waals surface area contributed by atoms with Gasteiger partial charge in [-0.3, -0.25) is 4.98 Å². The zero-order valence-electron chi connectivity index (χ0n) is 6.75. The highest BCUT2D eigenvalue weighted by molar-refractivity contribution is 7.77. The number of hydrazine groups is 1. The van der Waals surface area contributed by atoms with Gasteiger partial charge in [0.25, 0.3) is 0 Å². The number of hydrazone groups is 1. The molecule has 5 nitrogen and oxygen atoms in total. The Balaban J connectivity index is 2.29. The topological polar surface area (TPSA) is 66.5 Å². The van der Waals surface area contributed by atoms with E-state index in [4.69, 9.17) is 5.73 Å². The lowest BCUT2D eigenvalue weighted by Crippen LogP contribution is -2.40. The second-order valence-electron chi connectivity index (χ2n) is 2.63. The molecule has 1 atom stereocenters. The van der Waals surface area contributed by atoms with E-state index in [2.05, 4.69) is 28.4 Å². The maximum absolute atomic E-state index is 5.78. The summed E-state index contributed by atoms with van der Waals surface area (Å²) in [5, 5.41) is 4.02. The molecule has 1 unspecified atom stereocenters. The molecule has 1 aromatic heterocycles. The molecule has 68 valence electrons. The molecule has 0 amide bonds. The monoisotopic (exact) mass is 195 g/mol. The third-order valence-electron chi connectivity index (χ3n) is 1.77.